The second kappa shape index (κ2) is 7.54. The topological polar surface area (TPSA) is 75.7 Å². The minimum absolute atomic E-state index is 0.00387. The summed E-state index contributed by atoms with van der Waals surface area (Å²) in [4.78, 5) is 36.5. The van der Waals surface area contributed by atoms with Gasteiger partial charge in [-0.2, -0.15) is 0 Å². The van der Waals surface area contributed by atoms with Gasteiger partial charge in [-0.25, -0.2) is 4.39 Å². The first-order valence-corrected chi connectivity index (χ1v) is 7.89. The summed E-state index contributed by atoms with van der Waals surface area (Å²) in [6.07, 6.45) is 0.0419. The number of esters is 1. The average Bonchev–Trinajstić information content (AvgIpc) is 2.87. The van der Waals surface area contributed by atoms with Crippen LogP contribution in [-0.2, 0) is 19.1 Å². The molecule has 1 aliphatic heterocycles. The Labute approximate surface area is 141 Å². The quantitative estimate of drug-likeness (QED) is 0.786. The number of carbonyl (C=O) groups excluding carboxylic acids is 3. The molecule has 0 spiro atoms. The van der Waals surface area contributed by atoms with Gasteiger partial charge in [-0.15, -0.1) is 0 Å². The normalized spacial score (nSPS) is 15.4. The molecule has 6 nitrogen and oxygen atoms in total. The van der Waals surface area contributed by atoms with Crippen LogP contribution in [0.4, 0.5) is 10.1 Å². The van der Waals surface area contributed by atoms with Crippen LogP contribution in [0.25, 0.3) is 0 Å². The summed E-state index contributed by atoms with van der Waals surface area (Å²) in [6.45, 7) is 1.72. The first-order valence-electron chi connectivity index (χ1n) is 7.10. The zero-order valence-corrected chi connectivity index (χ0v) is 14.1. The largest absolute Gasteiger partial charge is 0.451 e. The smallest absolute Gasteiger partial charge is 0.326 e. The van der Waals surface area contributed by atoms with Crippen LogP contribution in [0.15, 0.2) is 22.7 Å². The third-order valence-electron chi connectivity index (χ3n) is 3.36. The fourth-order valence-electron chi connectivity index (χ4n) is 2.14. The highest BCUT2D eigenvalue weighted by atomic mass is 79.9. The van der Waals surface area contributed by atoms with Crippen LogP contribution in [-0.4, -0.2) is 41.9 Å². The highest BCUT2D eigenvalue weighted by Gasteiger charge is 2.25. The van der Waals surface area contributed by atoms with E-state index in [-0.39, 0.29) is 18.1 Å². The van der Waals surface area contributed by atoms with Gasteiger partial charge in [0.05, 0.1) is 5.69 Å². The van der Waals surface area contributed by atoms with E-state index in [9.17, 15) is 18.8 Å². The number of nitrogens with one attached hydrogen (secondary N) is 1. The summed E-state index contributed by atoms with van der Waals surface area (Å²) in [5, 5.41) is 2.35. The molecule has 1 atom stereocenters. The van der Waals surface area contributed by atoms with E-state index in [1.807, 2.05) is 0 Å². The molecule has 1 aromatic carbocycles. The van der Waals surface area contributed by atoms with Crippen molar-refractivity contribution >= 4 is 39.4 Å². The van der Waals surface area contributed by atoms with Gasteiger partial charge in [-0.05, 0) is 31.5 Å². The Balaban J connectivity index is 1.86. The number of halogens is 2. The molecule has 0 aromatic heterocycles. The minimum atomic E-state index is -1.09. The Morgan fingerprint density at radius 2 is 2.22 bits per heavy atom. The van der Waals surface area contributed by atoms with Crippen molar-refractivity contribution in [2.45, 2.75) is 25.9 Å². The Bertz CT molecular complexity index is 638. The van der Waals surface area contributed by atoms with E-state index in [0.29, 0.717) is 23.9 Å². The number of amides is 2. The predicted molar refractivity (Wildman–Crippen MR) is 84.1 cm³/mol. The van der Waals surface area contributed by atoms with Crippen LogP contribution in [0.3, 0.4) is 0 Å². The van der Waals surface area contributed by atoms with Gasteiger partial charge in [0, 0.05) is 17.4 Å². The Morgan fingerprint density at radius 3 is 2.83 bits per heavy atom. The molecule has 1 fully saturated rings. The van der Waals surface area contributed by atoms with Crippen LogP contribution in [0.2, 0.25) is 0 Å². The molecule has 0 aliphatic carbocycles. The van der Waals surface area contributed by atoms with Crippen molar-refractivity contribution in [1.82, 2.24) is 4.90 Å². The van der Waals surface area contributed by atoms with Gasteiger partial charge in [0.25, 0.3) is 5.91 Å². The second-order valence-electron chi connectivity index (χ2n) is 5.16. The van der Waals surface area contributed by atoms with Crippen molar-refractivity contribution < 1.29 is 23.5 Å². The molecule has 1 aliphatic rings. The number of nitrogens with zero attached hydrogens (tertiary/aromatic N) is 1. The third kappa shape index (κ3) is 4.75. The van der Waals surface area contributed by atoms with Crippen LogP contribution >= 0.6 is 15.9 Å². The van der Waals surface area contributed by atoms with Crippen molar-refractivity contribution in [1.29, 1.82) is 0 Å². The maximum Gasteiger partial charge on any atom is 0.326 e. The lowest BCUT2D eigenvalue weighted by Gasteiger charge is -2.17. The summed E-state index contributed by atoms with van der Waals surface area (Å²) in [6, 6.07) is 4.19. The number of likely N-dealkylation sites (tertiary alicyclic amines) is 1. The Hall–Kier alpha value is -1.96. The Morgan fingerprint density at radius 1 is 1.48 bits per heavy atom. The van der Waals surface area contributed by atoms with Gasteiger partial charge in [-0.1, -0.05) is 15.9 Å². The van der Waals surface area contributed by atoms with E-state index in [0.717, 1.165) is 0 Å². The fraction of sp³-hybridized carbons (Fsp3) is 0.400. The number of carbonyl (C=O) groups is 3. The van der Waals surface area contributed by atoms with Crippen LogP contribution in [0.1, 0.15) is 19.8 Å². The monoisotopic (exact) mass is 386 g/mol. The van der Waals surface area contributed by atoms with Gasteiger partial charge in [-0.3, -0.25) is 14.4 Å². The molecule has 2 rings (SSSR count). The molecule has 1 N–H and O–H groups in total. The van der Waals surface area contributed by atoms with Gasteiger partial charge >= 0.3 is 5.97 Å². The summed E-state index contributed by atoms with van der Waals surface area (Å²) in [5.74, 6) is -2.02. The SMILES string of the molecule is C[C@H](OC(=O)CN1CCCC1=O)C(=O)Nc1ccc(Br)cc1F. The number of rotatable bonds is 5. The van der Waals surface area contributed by atoms with Crippen molar-refractivity contribution in [3.8, 4) is 0 Å². The van der Waals surface area contributed by atoms with Gasteiger partial charge < -0.3 is 15.0 Å². The fourth-order valence-corrected chi connectivity index (χ4v) is 2.47. The van der Waals surface area contributed by atoms with E-state index in [1.54, 1.807) is 6.07 Å². The number of ether oxygens (including phenoxy) is 1. The van der Waals surface area contributed by atoms with E-state index >= 15 is 0 Å². The van der Waals surface area contributed by atoms with Gasteiger partial charge in [0.15, 0.2) is 6.10 Å². The molecule has 8 heteroatoms. The molecule has 1 aromatic rings. The van der Waals surface area contributed by atoms with Crippen molar-refractivity contribution in [3.63, 3.8) is 0 Å². The van der Waals surface area contributed by atoms with Crippen molar-refractivity contribution in [3.05, 3.63) is 28.5 Å². The molecule has 124 valence electrons. The number of hydrogen-bond acceptors (Lipinski definition) is 4. The first-order chi connectivity index (χ1) is 10.9. The zero-order valence-electron chi connectivity index (χ0n) is 12.5. The van der Waals surface area contributed by atoms with Crippen LogP contribution in [0.5, 0.6) is 0 Å². The minimum Gasteiger partial charge on any atom is -0.451 e. The van der Waals surface area contributed by atoms with E-state index < -0.39 is 23.8 Å². The molecule has 0 saturated carbocycles. The standard InChI is InChI=1S/C15H16BrFN2O4/c1-9(23-14(21)8-19-6-2-3-13(19)20)15(22)18-12-5-4-10(16)7-11(12)17/h4-5,7,9H,2-3,6,8H2,1H3,(H,18,22)/t9-/m0/s1. The van der Waals surface area contributed by atoms with E-state index in [4.69, 9.17) is 4.74 Å². The summed E-state index contributed by atoms with van der Waals surface area (Å²) in [7, 11) is 0. The number of anilines is 1. The van der Waals surface area contributed by atoms with Crippen molar-refractivity contribution in [2.75, 3.05) is 18.4 Å². The van der Waals surface area contributed by atoms with E-state index in [2.05, 4.69) is 21.2 Å². The van der Waals surface area contributed by atoms with Crippen LogP contribution < -0.4 is 5.32 Å². The predicted octanol–water partition coefficient (Wildman–Crippen LogP) is 2.08. The lowest BCUT2D eigenvalue weighted by atomic mass is 10.3. The lowest BCUT2D eigenvalue weighted by Crippen LogP contribution is -2.36. The molecule has 1 saturated heterocycles. The van der Waals surface area contributed by atoms with E-state index in [1.165, 1.54) is 24.0 Å². The molecular formula is C15H16BrFN2O4. The molecule has 2 amide bonds. The lowest BCUT2D eigenvalue weighted by molar-refractivity contribution is -0.155. The molecule has 0 unspecified atom stereocenters. The van der Waals surface area contributed by atoms with Gasteiger partial charge in [0.1, 0.15) is 12.4 Å². The average molecular weight is 387 g/mol. The van der Waals surface area contributed by atoms with Crippen molar-refractivity contribution in [2.24, 2.45) is 0 Å². The summed E-state index contributed by atoms with van der Waals surface area (Å²) in [5.41, 5.74) is -0.00387. The molecule has 1 heterocycles. The molecular weight excluding hydrogens is 371 g/mol. The second-order valence-corrected chi connectivity index (χ2v) is 6.08. The van der Waals surface area contributed by atoms with Crippen LogP contribution in [0, 0.1) is 5.82 Å². The Kier molecular flexibility index (Phi) is 5.70. The highest BCUT2D eigenvalue weighted by molar-refractivity contribution is 9.10. The first kappa shape index (κ1) is 17.4. The maximum absolute atomic E-state index is 13.7. The molecule has 0 radical (unpaired) electrons. The molecule has 0 bridgehead atoms. The highest BCUT2D eigenvalue weighted by Crippen LogP contribution is 2.19. The maximum atomic E-state index is 13.7. The summed E-state index contributed by atoms with van der Waals surface area (Å²) < 4.78 is 19.2. The summed E-state index contributed by atoms with van der Waals surface area (Å²) >= 11 is 3.12. The third-order valence-corrected chi connectivity index (χ3v) is 3.85. The number of benzene rings is 1. The number of hydrogen-bond donors (Lipinski definition) is 1. The zero-order chi connectivity index (χ0) is 17.0. The van der Waals surface area contributed by atoms with Gasteiger partial charge in [0.2, 0.25) is 5.91 Å². The molecule has 23 heavy (non-hydrogen) atoms.